The third kappa shape index (κ3) is 2.52. The number of nitrogens with zero attached hydrogens (tertiary/aromatic N) is 3. The lowest BCUT2D eigenvalue weighted by Crippen LogP contribution is -2.49. The average Bonchev–Trinajstić information content (AvgIpc) is 3.20. The van der Waals surface area contributed by atoms with E-state index in [2.05, 4.69) is 10.1 Å². The summed E-state index contributed by atoms with van der Waals surface area (Å²) >= 11 is 0. The number of likely N-dealkylation sites (tertiary alicyclic amines) is 1. The molecule has 2 heterocycles. The lowest BCUT2D eigenvalue weighted by molar-refractivity contribution is -0.157. The molecular weight excluding hydrogens is 286 g/mol. The molecule has 22 heavy (non-hydrogen) atoms. The first-order chi connectivity index (χ1) is 10.5. The molecule has 0 bridgehead atoms. The first-order valence-corrected chi connectivity index (χ1v) is 7.96. The van der Waals surface area contributed by atoms with Crippen LogP contribution in [0.3, 0.4) is 0 Å². The van der Waals surface area contributed by atoms with Gasteiger partial charge in [0.25, 0.3) is 11.8 Å². The smallest absolute Gasteiger partial charge is 0.260 e. The Bertz CT molecular complexity index is 553. The van der Waals surface area contributed by atoms with E-state index in [1.54, 1.807) is 11.8 Å². The number of aliphatic hydroxyl groups is 1. The van der Waals surface area contributed by atoms with Crippen molar-refractivity contribution < 1.29 is 19.2 Å². The zero-order chi connectivity index (χ0) is 15.8. The van der Waals surface area contributed by atoms with Gasteiger partial charge in [0.05, 0.1) is 6.54 Å². The zero-order valence-electron chi connectivity index (χ0n) is 13.2. The predicted octanol–water partition coefficient (Wildman–Crippen LogP) is 1.15. The topological polar surface area (TPSA) is 88.7 Å². The van der Waals surface area contributed by atoms with Gasteiger partial charge in [-0.1, -0.05) is 5.16 Å². The van der Waals surface area contributed by atoms with Gasteiger partial charge in [0.2, 0.25) is 0 Å². The second-order valence-electron chi connectivity index (χ2n) is 6.29. The monoisotopic (exact) mass is 309 g/mol. The number of aryl methyl sites for hydroxylation is 1. The first-order valence-electron chi connectivity index (χ1n) is 7.96. The molecule has 1 aromatic rings. The minimum absolute atomic E-state index is 0.0148. The molecule has 7 heteroatoms. The molecule has 3 rings (SSSR count). The normalized spacial score (nSPS) is 27.5. The summed E-state index contributed by atoms with van der Waals surface area (Å²) in [4.78, 5) is 18.7. The molecule has 1 aliphatic carbocycles. The van der Waals surface area contributed by atoms with E-state index < -0.39 is 11.2 Å². The van der Waals surface area contributed by atoms with E-state index in [-0.39, 0.29) is 18.3 Å². The van der Waals surface area contributed by atoms with E-state index in [4.69, 9.17) is 9.26 Å². The highest BCUT2D eigenvalue weighted by Crippen LogP contribution is 2.38. The third-order valence-corrected chi connectivity index (χ3v) is 4.68. The van der Waals surface area contributed by atoms with Crippen molar-refractivity contribution in [2.24, 2.45) is 0 Å². The molecule has 0 radical (unpaired) electrons. The molecule has 1 aliphatic heterocycles. The van der Waals surface area contributed by atoms with E-state index in [0.717, 1.165) is 25.7 Å². The van der Waals surface area contributed by atoms with Crippen LogP contribution in [-0.4, -0.2) is 51.4 Å². The molecule has 1 unspecified atom stereocenters. The van der Waals surface area contributed by atoms with Crippen LogP contribution in [0, 0.1) is 6.92 Å². The van der Waals surface area contributed by atoms with Crippen molar-refractivity contribution in [1.82, 2.24) is 15.0 Å². The molecule has 1 saturated heterocycles. The minimum atomic E-state index is -1.25. The fourth-order valence-corrected chi connectivity index (χ4v) is 3.56. The molecule has 1 aromatic heterocycles. The number of hydrogen-bond acceptors (Lipinski definition) is 6. The van der Waals surface area contributed by atoms with Gasteiger partial charge < -0.3 is 19.3 Å². The van der Waals surface area contributed by atoms with E-state index in [0.29, 0.717) is 25.4 Å². The SMILES string of the molecule is CCOC1(C(=O)N2CCC(O)(c3nc(C)no3)C2)CCCC1. The van der Waals surface area contributed by atoms with Crippen LogP contribution in [-0.2, 0) is 15.1 Å². The minimum Gasteiger partial charge on any atom is -0.378 e. The highest BCUT2D eigenvalue weighted by atomic mass is 16.5. The van der Waals surface area contributed by atoms with Crippen LogP contribution >= 0.6 is 0 Å². The summed E-state index contributed by atoms with van der Waals surface area (Å²) in [6.45, 7) is 4.80. The lowest BCUT2D eigenvalue weighted by atomic mass is 9.99. The summed E-state index contributed by atoms with van der Waals surface area (Å²) in [6.07, 6.45) is 3.94. The second kappa shape index (κ2) is 5.62. The van der Waals surface area contributed by atoms with Crippen molar-refractivity contribution in [2.45, 2.75) is 57.2 Å². The van der Waals surface area contributed by atoms with Crippen molar-refractivity contribution >= 4 is 5.91 Å². The number of amides is 1. The molecular formula is C15H23N3O4. The molecule has 1 saturated carbocycles. The van der Waals surface area contributed by atoms with Crippen LogP contribution in [0.2, 0.25) is 0 Å². The summed E-state index contributed by atoms with van der Waals surface area (Å²) in [5, 5.41) is 14.4. The van der Waals surface area contributed by atoms with Crippen LogP contribution in [0.4, 0.5) is 0 Å². The zero-order valence-corrected chi connectivity index (χ0v) is 13.2. The molecule has 0 spiro atoms. The molecule has 1 atom stereocenters. The van der Waals surface area contributed by atoms with Gasteiger partial charge in [0.15, 0.2) is 11.4 Å². The van der Waals surface area contributed by atoms with Crippen LogP contribution in [0.25, 0.3) is 0 Å². The first kappa shape index (κ1) is 15.4. The number of β-amino-alcohol motifs (C(OH)–C–C–N with tert-alkyl or cyclic N) is 1. The van der Waals surface area contributed by atoms with Crippen molar-refractivity contribution in [3.8, 4) is 0 Å². The second-order valence-corrected chi connectivity index (χ2v) is 6.29. The number of ether oxygens (including phenoxy) is 1. The van der Waals surface area contributed by atoms with E-state index >= 15 is 0 Å². The molecule has 122 valence electrons. The van der Waals surface area contributed by atoms with Gasteiger partial charge >= 0.3 is 0 Å². The molecule has 7 nitrogen and oxygen atoms in total. The summed E-state index contributed by atoms with van der Waals surface area (Å²) in [7, 11) is 0. The van der Waals surface area contributed by atoms with Crippen molar-refractivity contribution in [3.05, 3.63) is 11.7 Å². The summed E-state index contributed by atoms with van der Waals surface area (Å²) in [5.74, 6) is 0.658. The fraction of sp³-hybridized carbons (Fsp3) is 0.800. The van der Waals surface area contributed by atoms with Crippen molar-refractivity contribution in [3.63, 3.8) is 0 Å². The number of carbonyl (C=O) groups excluding carboxylic acids is 1. The van der Waals surface area contributed by atoms with Crippen LogP contribution in [0.15, 0.2) is 4.52 Å². The fourth-order valence-electron chi connectivity index (χ4n) is 3.56. The van der Waals surface area contributed by atoms with Gasteiger partial charge in [-0.15, -0.1) is 0 Å². The van der Waals surface area contributed by atoms with Gasteiger partial charge in [-0.25, -0.2) is 0 Å². The highest BCUT2D eigenvalue weighted by Gasteiger charge is 2.50. The Labute approximate surface area is 129 Å². The maximum Gasteiger partial charge on any atom is 0.260 e. The van der Waals surface area contributed by atoms with E-state index in [9.17, 15) is 9.90 Å². The standard InChI is InChI=1S/C15H23N3O4/c1-3-21-15(6-4-5-7-15)13(19)18-9-8-14(20,10-18)12-16-11(2)17-22-12/h20H,3-10H2,1-2H3. The molecule has 2 fully saturated rings. The van der Waals surface area contributed by atoms with Gasteiger partial charge in [-0.05, 0) is 39.5 Å². The maximum absolute atomic E-state index is 12.9. The van der Waals surface area contributed by atoms with Crippen molar-refractivity contribution in [1.29, 1.82) is 0 Å². The molecule has 0 aromatic carbocycles. The van der Waals surface area contributed by atoms with Gasteiger partial charge in [0.1, 0.15) is 5.60 Å². The lowest BCUT2D eigenvalue weighted by Gasteiger charge is -2.32. The Balaban J connectivity index is 1.75. The van der Waals surface area contributed by atoms with Crippen LogP contribution in [0.5, 0.6) is 0 Å². The molecule has 2 aliphatic rings. The quantitative estimate of drug-likeness (QED) is 0.897. The summed E-state index contributed by atoms with van der Waals surface area (Å²) in [6, 6.07) is 0. The van der Waals surface area contributed by atoms with E-state index in [1.165, 1.54) is 0 Å². The third-order valence-electron chi connectivity index (χ3n) is 4.68. The Hall–Kier alpha value is -1.47. The van der Waals surface area contributed by atoms with Crippen LogP contribution < -0.4 is 0 Å². The predicted molar refractivity (Wildman–Crippen MR) is 77.0 cm³/mol. The Morgan fingerprint density at radius 2 is 2.14 bits per heavy atom. The summed E-state index contributed by atoms with van der Waals surface area (Å²) in [5.41, 5.74) is -1.95. The Morgan fingerprint density at radius 3 is 2.73 bits per heavy atom. The Morgan fingerprint density at radius 1 is 1.41 bits per heavy atom. The maximum atomic E-state index is 12.9. The van der Waals surface area contributed by atoms with Crippen molar-refractivity contribution in [2.75, 3.05) is 19.7 Å². The largest absolute Gasteiger partial charge is 0.378 e. The van der Waals surface area contributed by atoms with Gasteiger partial charge in [0, 0.05) is 19.6 Å². The number of hydrogen-bond donors (Lipinski definition) is 1. The molecule has 1 N–H and O–H groups in total. The number of carbonyl (C=O) groups is 1. The van der Waals surface area contributed by atoms with Gasteiger partial charge in [-0.2, -0.15) is 4.98 Å². The Kier molecular flexibility index (Phi) is 3.94. The number of aromatic nitrogens is 2. The van der Waals surface area contributed by atoms with Gasteiger partial charge in [-0.3, -0.25) is 4.79 Å². The number of rotatable bonds is 4. The summed E-state index contributed by atoms with van der Waals surface area (Å²) < 4.78 is 10.9. The molecule has 1 amide bonds. The highest BCUT2D eigenvalue weighted by molar-refractivity contribution is 5.86. The average molecular weight is 309 g/mol. The van der Waals surface area contributed by atoms with Crippen LogP contribution in [0.1, 0.15) is 50.7 Å². The van der Waals surface area contributed by atoms with E-state index in [1.807, 2.05) is 6.92 Å².